The summed E-state index contributed by atoms with van der Waals surface area (Å²) in [5, 5.41) is 0.654. The lowest BCUT2D eigenvalue weighted by Crippen LogP contribution is -2.31. The number of esters is 1. The summed E-state index contributed by atoms with van der Waals surface area (Å²) in [5.74, 6) is -0.357. The topological polar surface area (TPSA) is 87.9 Å². The fourth-order valence-electron chi connectivity index (χ4n) is 4.02. The number of allylic oxidation sites excluding steroid dienone is 2. The number of benzene rings is 2. The maximum absolute atomic E-state index is 12.9. The number of nitrogens with two attached hydrogens (primary N) is 1. The predicted octanol–water partition coefficient (Wildman–Crippen LogP) is 5.91. The average Bonchev–Trinajstić information content (AvgIpc) is 2.78. The number of rotatable bonds is 5. The molecule has 4 rings (SSSR count). The molecule has 0 spiro atoms. The van der Waals surface area contributed by atoms with Gasteiger partial charge in [0.25, 0.3) is 0 Å². The van der Waals surface area contributed by atoms with E-state index < -0.39 is 11.9 Å². The highest BCUT2D eigenvalue weighted by Gasteiger charge is 2.41. The van der Waals surface area contributed by atoms with Gasteiger partial charge in [-0.1, -0.05) is 23.7 Å². The van der Waals surface area contributed by atoms with Crippen molar-refractivity contribution in [3.8, 4) is 5.75 Å². The van der Waals surface area contributed by atoms with Crippen LogP contribution < -0.4 is 10.5 Å². The molecule has 2 aliphatic rings. The standard InChI is InChI=1S/C24H20Br2ClNO5/c1-31-24(30)21-19(20-17(29)3-2-4-18(20)33-23(21)28)13-9-15(25)22(16(26)10-13)32-11-12-5-7-14(27)8-6-12/h5-10,19H,2-4,11,28H2,1H3/t19-/m0/s1. The lowest BCUT2D eigenvalue weighted by molar-refractivity contribution is -0.136. The van der Waals surface area contributed by atoms with Crippen molar-refractivity contribution in [2.75, 3.05) is 7.11 Å². The van der Waals surface area contributed by atoms with Gasteiger partial charge in [-0.15, -0.1) is 0 Å². The van der Waals surface area contributed by atoms with E-state index in [0.29, 0.717) is 62.5 Å². The van der Waals surface area contributed by atoms with E-state index in [0.717, 1.165) is 5.56 Å². The fourth-order valence-corrected chi connectivity index (χ4v) is 5.60. The smallest absolute Gasteiger partial charge is 0.340 e. The Morgan fingerprint density at radius 2 is 1.85 bits per heavy atom. The molecule has 0 saturated carbocycles. The van der Waals surface area contributed by atoms with E-state index in [1.165, 1.54) is 7.11 Å². The second kappa shape index (κ2) is 9.91. The Bertz CT molecular complexity index is 1170. The Morgan fingerprint density at radius 1 is 1.18 bits per heavy atom. The molecule has 2 N–H and O–H groups in total. The summed E-state index contributed by atoms with van der Waals surface area (Å²) in [7, 11) is 1.27. The monoisotopic (exact) mass is 595 g/mol. The fraction of sp³-hybridized carbons (Fsp3) is 0.250. The second-order valence-corrected chi connectivity index (χ2v) is 9.79. The highest BCUT2D eigenvalue weighted by atomic mass is 79.9. The molecule has 0 radical (unpaired) electrons. The highest BCUT2D eigenvalue weighted by molar-refractivity contribution is 9.11. The van der Waals surface area contributed by atoms with Crippen LogP contribution in [0, 0.1) is 0 Å². The maximum Gasteiger partial charge on any atom is 0.340 e. The number of carbonyl (C=O) groups is 2. The number of methoxy groups -OCH3 is 1. The van der Waals surface area contributed by atoms with Crippen molar-refractivity contribution in [1.29, 1.82) is 0 Å². The number of ketones is 1. The molecular formula is C24H20Br2ClNO5. The summed E-state index contributed by atoms with van der Waals surface area (Å²) < 4.78 is 18.0. The molecule has 1 aliphatic carbocycles. The van der Waals surface area contributed by atoms with Crippen molar-refractivity contribution >= 4 is 55.2 Å². The van der Waals surface area contributed by atoms with E-state index in [9.17, 15) is 9.59 Å². The third kappa shape index (κ3) is 4.83. The van der Waals surface area contributed by atoms with Crippen LogP contribution in [0.4, 0.5) is 0 Å². The number of ether oxygens (including phenoxy) is 3. The van der Waals surface area contributed by atoms with Crippen LogP contribution in [0.1, 0.15) is 36.3 Å². The predicted molar refractivity (Wildman–Crippen MR) is 131 cm³/mol. The highest BCUT2D eigenvalue weighted by Crippen LogP contribution is 2.46. The van der Waals surface area contributed by atoms with Gasteiger partial charge in [0.2, 0.25) is 5.88 Å². The Morgan fingerprint density at radius 3 is 2.48 bits per heavy atom. The summed E-state index contributed by atoms with van der Waals surface area (Å²) in [5.41, 5.74) is 8.32. The number of Topliss-reactive ketones (excluding diaryl/α,β-unsaturated/α-hetero) is 1. The van der Waals surface area contributed by atoms with Gasteiger partial charge in [0, 0.05) is 23.4 Å². The SMILES string of the molecule is COC(=O)C1=C(N)OC2=C(C(=O)CCC2)[C@@H]1c1cc(Br)c(OCc2ccc(Cl)cc2)c(Br)c1. The van der Waals surface area contributed by atoms with Gasteiger partial charge in [0.15, 0.2) is 5.78 Å². The third-order valence-corrected chi connectivity index (χ3v) is 6.97. The molecule has 0 saturated heterocycles. The minimum Gasteiger partial charge on any atom is -0.487 e. The van der Waals surface area contributed by atoms with Crippen LogP contribution >= 0.6 is 43.5 Å². The van der Waals surface area contributed by atoms with Crippen LogP contribution in [-0.2, 0) is 25.7 Å². The van der Waals surface area contributed by atoms with E-state index in [-0.39, 0.29) is 17.2 Å². The van der Waals surface area contributed by atoms with E-state index in [2.05, 4.69) is 31.9 Å². The first kappa shape index (κ1) is 23.9. The van der Waals surface area contributed by atoms with Gasteiger partial charge >= 0.3 is 5.97 Å². The number of carbonyl (C=O) groups excluding carboxylic acids is 2. The van der Waals surface area contributed by atoms with Gasteiger partial charge in [-0.05, 0) is 73.7 Å². The molecule has 9 heteroatoms. The van der Waals surface area contributed by atoms with Crippen LogP contribution in [0.15, 0.2) is 68.1 Å². The van der Waals surface area contributed by atoms with Crippen molar-refractivity contribution in [2.45, 2.75) is 31.8 Å². The average molecular weight is 598 g/mol. The molecule has 1 atom stereocenters. The quantitative estimate of drug-likeness (QED) is 0.432. The molecule has 0 fully saturated rings. The molecule has 6 nitrogen and oxygen atoms in total. The van der Waals surface area contributed by atoms with Crippen LogP contribution in [0.2, 0.25) is 5.02 Å². The zero-order valence-electron chi connectivity index (χ0n) is 17.6. The summed E-state index contributed by atoms with van der Waals surface area (Å²) in [6, 6.07) is 11.0. The minimum atomic E-state index is -0.702. The summed E-state index contributed by atoms with van der Waals surface area (Å²) >= 11 is 13.1. The molecule has 172 valence electrons. The molecule has 0 bridgehead atoms. The lowest BCUT2D eigenvalue weighted by atomic mass is 9.77. The number of hydrogen-bond acceptors (Lipinski definition) is 6. The molecular weight excluding hydrogens is 578 g/mol. The van der Waals surface area contributed by atoms with Gasteiger partial charge < -0.3 is 19.9 Å². The molecule has 0 unspecified atom stereocenters. The van der Waals surface area contributed by atoms with E-state index in [1.54, 1.807) is 12.1 Å². The zero-order chi connectivity index (χ0) is 23.7. The van der Waals surface area contributed by atoms with Gasteiger partial charge in [-0.3, -0.25) is 4.79 Å². The van der Waals surface area contributed by atoms with E-state index in [4.69, 9.17) is 31.5 Å². The Kier molecular flexibility index (Phi) is 7.16. The van der Waals surface area contributed by atoms with Crippen molar-refractivity contribution in [3.63, 3.8) is 0 Å². The third-order valence-electron chi connectivity index (χ3n) is 5.54. The van der Waals surface area contributed by atoms with Gasteiger partial charge in [-0.25, -0.2) is 4.79 Å². The Labute approximate surface area is 213 Å². The first-order valence-electron chi connectivity index (χ1n) is 10.2. The maximum atomic E-state index is 12.9. The first-order chi connectivity index (χ1) is 15.8. The second-order valence-electron chi connectivity index (χ2n) is 7.65. The van der Waals surface area contributed by atoms with Crippen molar-refractivity contribution < 1.29 is 23.8 Å². The molecule has 33 heavy (non-hydrogen) atoms. The lowest BCUT2D eigenvalue weighted by Gasteiger charge is -2.32. The molecule has 2 aromatic carbocycles. The summed E-state index contributed by atoms with van der Waals surface area (Å²) in [6.07, 6.45) is 1.64. The van der Waals surface area contributed by atoms with Gasteiger partial charge in [-0.2, -0.15) is 0 Å². The van der Waals surface area contributed by atoms with Crippen molar-refractivity contribution in [2.24, 2.45) is 5.73 Å². The van der Waals surface area contributed by atoms with Gasteiger partial charge in [0.1, 0.15) is 23.7 Å². The van der Waals surface area contributed by atoms with E-state index >= 15 is 0 Å². The Hall–Kier alpha value is -2.29. The molecule has 0 amide bonds. The largest absolute Gasteiger partial charge is 0.487 e. The summed E-state index contributed by atoms with van der Waals surface area (Å²) in [6.45, 7) is 0.332. The van der Waals surface area contributed by atoms with Crippen LogP contribution in [-0.4, -0.2) is 18.9 Å². The van der Waals surface area contributed by atoms with Crippen molar-refractivity contribution in [1.82, 2.24) is 0 Å². The molecule has 2 aromatic rings. The van der Waals surface area contributed by atoms with Crippen LogP contribution in [0.3, 0.4) is 0 Å². The molecule has 1 heterocycles. The van der Waals surface area contributed by atoms with Crippen molar-refractivity contribution in [3.05, 3.63) is 84.3 Å². The molecule has 0 aromatic heterocycles. The minimum absolute atomic E-state index is 0.0457. The Balaban J connectivity index is 1.73. The number of halogens is 3. The normalized spacial score (nSPS) is 18.1. The zero-order valence-corrected chi connectivity index (χ0v) is 21.6. The van der Waals surface area contributed by atoms with Gasteiger partial charge in [0.05, 0.1) is 22.0 Å². The first-order valence-corrected chi connectivity index (χ1v) is 12.1. The van der Waals surface area contributed by atoms with E-state index in [1.807, 2.05) is 24.3 Å². The number of hydrogen-bond donors (Lipinski definition) is 1. The summed E-state index contributed by atoms with van der Waals surface area (Å²) in [4.78, 5) is 25.5. The van der Waals surface area contributed by atoms with Crippen LogP contribution in [0.5, 0.6) is 5.75 Å². The van der Waals surface area contributed by atoms with Crippen LogP contribution in [0.25, 0.3) is 0 Å². The molecule has 1 aliphatic heterocycles.